The average Bonchev–Trinajstić information content (AvgIpc) is 2.30. The van der Waals surface area contributed by atoms with Gasteiger partial charge in [0.15, 0.2) is 0 Å². The lowest BCUT2D eigenvalue weighted by atomic mass is 9.96. The van der Waals surface area contributed by atoms with E-state index in [9.17, 15) is 0 Å². The molecule has 0 aliphatic carbocycles. The first-order valence-electron chi connectivity index (χ1n) is 5.98. The smallest absolute Gasteiger partial charge is 0.0421 e. The fraction of sp³-hybridized carbons (Fsp3) is 0.500. The van der Waals surface area contributed by atoms with E-state index in [1.165, 1.54) is 23.4 Å². The van der Waals surface area contributed by atoms with Crippen LogP contribution in [-0.4, -0.2) is 26.4 Å². The number of hydrogen-bond donors (Lipinski definition) is 0. The Balaban J connectivity index is 2.24. The average molecular weight is 216 g/mol. The summed E-state index contributed by atoms with van der Waals surface area (Å²) in [5.41, 5.74) is 3.82. The van der Waals surface area contributed by atoms with Crippen LogP contribution < -0.4 is 4.90 Å². The van der Waals surface area contributed by atoms with Crippen LogP contribution in [0.15, 0.2) is 29.3 Å². The van der Waals surface area contributed by atoms with Crippen LogP contribution in [0, 0.1) is 5.92 Å². The van der Waals surface area contributed by atoms with Crippen molar-refractivity contribution in [3.63, 3.8) is 0 Å². The van der Waals surface area contributed by atoms with Gasteiger partial charge < -0.3 is 4.90 Å². The van der Waals surface area contributed by atoms with E-state index in [2.05, 4.69) is 55.2 Å². The van der Waals surface area contributed by atoms with Gasteiger partial charge in [-0.3, -0.25) is 4.99 Å². The van der Waals surface area contributed by atoms with Gasteiger partial charge in [-0.2, -0.15) is 0 Å². The first-order valence-corrected chi connectivity index (χ1v) is 5.98. The Morgan fingerprint density at radius 3 is 2.75 bits per heavy atom. The van der Waals surface area contributed by atoms with Crippen LogP contribution in [0.3, 0.4) is 0 Å². The van der Waals surface area contributed by atoms with Crippen molar-refractivity contribution in [1.82, 2.24) is 0 Å². The summed E-state index contributed by atoms with van der Waals surface area (Å²) in [6.45, 7) is 3.26. The number of benzene rings is 1. The first kappa shape index (κ1) is 11.2. The molecule has 2 nitrogen and oxygen atoms in total. The lowest BCUT2D eigenvalue weighted by molar-refractivity contribution is 0.538. The molecule has 1 atom stereocenters. The van der Waals surface area contributed by atoms with Crippen molar-refractivity contribution in [2.45, 2.75) is 19.8 Å². The van der Waals surface area contributed by atoms with Crippen molar-refractivity contribution < 1.29 is 0 Å². The van der Waals surface area contributed by atoms with E-state index in [0.717, 1.165) is 18.9 Å². The van der Waals surface area contributed by atoms with Gasteiger partial charge in [0, 0.05) is 32.0 Å². The molecule has 2 heteroatoms. The summed E-state index contributed by atoms with van der Waals surface area (Å²) in [6, 6.07) is 8.65. The highest BCUT2D eigenvalue weighted by Gasteiger charge is 2.13. The summed E-state index contributed by atoms with van der Waals surface area (Å²) >= 11 is 0. The summed E-state index contributed by atoms with van der Waals surface area (Å²) in [7, 11) is 4.15. The third-order valence-corrected chi connectivity index (χ3v) is 3.16. The van der Waals surface area contributed by atoms with Crippen LogP contribution in [0.5, 0.6) is 0 Å². The highest BCUT2D eigenvalue weighted by molar-refractivity contribution is 6.01. The van der Waals surface area contributed by atoms with E-state index in [4.69, 9.17) is 0 Å². The van der Waals surface area contributed by atoms with Crippen LogP contribution in [0.4, 0.5) is 5.69 Å². The van der Waals surface area contributed by atoms with Gasteiger partial charge >= 0.3 is 0 Å². The number of rotatable bonds is 2. The first-order chi connectivity index (χ1) is 7.66. The number of aliphatic imine (C=N–C) groups is 1. The molecule has 16 heavy (non-hydrogen) atoms. The van der Waals surface area contributed by atoms with Crippen molar-refractivity contribution in [1.29, 1.82) is 0 Å². The second kappa shape index (κ2) is 4.69. The number of anilines is 1. The molecule has 1 aliphatic heterocycles. The summed E-state index contributed by atoms with van der Waals surface area (Å²) in [5.74, 6) is 0.751. The Bertz CT molecular complexity index is 393. The molecular weight excluding hydrogens is 196 g/mol. The van der Waals surface area contributed by atoms with E-state index in [-0.39, 0.29) is 0 Å². The van der Waals surface area contributed by atoms with Gasteiger partial charge in [0.05, 0.1) is 0 Å². The van der Waals surface area contributed by atoms with Crippen LogP contribution in [0.2, 0.25) is 0 Å². The quantitative estimate of drug-likeness (QED) is 0.742. The number of hydrogen-bond acceptors (Lipinski definition) is 2. The van der Waals surface area contributed by atoms with E-state index in [0.29, 0.717) is 0 Å². The standard InChI is InChI=1S/C14H20N2/c1-11-7-8-14(15-10-11)12-5-4-6-13(9-12)16(2)3/h4-6,9,11H,7-8,10H2,1-3H3. The molecular formula is C14H20N2. The van der Waals surface area contributed by atoms with E-state index < -0.39 is 0 Å². The van der Waals surface area contributed by atoms with Gasteiger partial charge in [0.2, 0.25) is 0 Å². The Morgan fingerprint density at radius 1 is 1.31 bits per heavy atom. The third-order valence-electron chi connectivity index (χ3n) is 3.16. The number of nitrogens with zero attached hydrogens (tertiary/aromatic N) is 2. The minimum Gasteiger partial charge on any atom is -0.378 e. The van der Waals surface area contributed by atoms with Gasteiger partial charge in [0.1, 0.15) is 0 Å². The van der Waals surface area contributed by atoms with Gasteiger partial charge in [-0.05, 0) is 36.5 Å². The van der Waals surface area contributed by atoms with Crippen LogP contribution in [0.25, 0.3) is 0 Å². The summed E-state index contributed by atoms with van der Waals surface area (Å²) < 4.78 is 0. The zero-order valence-electron chi connectivity index (χ0n) is 10.4. The maximum atomic E-state index is 4.68. The zero-order chi connectivity index (χ0) is 11.5. The van der Waals surface area contributed by atoms with Gasteiger partial charge in [0.25, 0.3) is 0 Å². The van der Waals surface area contributed by atoms with Crippen LogP contribution in [-0.2, 0) is 0 Å². The largest absolute Gasteiger partial charge is 0.378 e. The van der Waals surface area contributed by atoms with Crippen molar-refractivity contribution in [3.05, 3.63) is 29.8 Å². The maximum absolute atomic E-state index is 4.68. The van der Waals surface area contributed by atoms with E-state index in [1.54, 1.807) is 0 Å². The molecule has 1 aromatic rings. The molecule has 0 radical (unpaired) electrons. The molecule has 1 unspecified atom stereocenters. The molecule has 1 aliphatic rings. The maximum Gasteiger partial charge on any atom is 0.0421 e. The molecule has 0 bridgehead atoms. The SMILES string of the molecule is CC1CCC(c2cccc(N(C)C)c2)=NC1. The van der Waals surface area contributed by atoms with Crippen LogP contribution >= 0.6 is 0 Å². The lowest BCUT2D eigenvalue weighted by Crippen LogP contribution is -2.15. The zero-order valence-corrected chi connectivity index (χ0v) is 10.4. The third kappa shape index (κ3) is 2.43. The van der Waals surface area contributed by atoms with Crippen molar-refractivity contribution in [2.75, 3.05) is 25.5 Å². The molecule has 0 saturated carbocycles. The molecule has 86 valence electrons. The molecule has 2 rings (SSSR count). The molecule has 0 N–H and O–H groups in total. The topological polar surface area (TPSA) is 15.6 Å². The second-order valence-electron chi connectivity index (χ2n) is 4.88. The summed E-state index contributed by atoms with van der Waals surface area (Å²) in [4.78, 5) is 6.81. The molecule has 0 saturated heterocycles. The van der Waals surface area contributed by atoms with Crippen molar-refractivity contribution >= 4 is 11.4 Å². The predicted octanol–water partition coefficient (Wildman–Crippen LogP) is 2.97. The van der Waals surface area contributed by atoms with E-state index in [1.807, 2.05) is 0 Å². The lowest BCUT2D eigenvalue weighted by Gasteiger charge is -2.19. The highest BCUT2D eigenvalue weighted by Crippen LogP contribution is 2.20. The van der Waals surface area contributed by atoms with Crippen LogP contribution in [0.1, 0.15) is 25.3 Å². The molecule has 0 spiro atoms. The summed E-state index contributed by atoms with van der Waals surface area (Å²) in [5, 5.41) is 0. The molecule has 1 aromatic carbocycles. The molecule has 1 heterocycles. The second-order valence-corrected chi connectivity index (χ2v) is 4.88. The predicted molar refractivity (Wildman–Crippen MR) is 70.6 cm³/mol. The highest BCUT2D eigenvalue weighted by atomic mass is 15.1. The Labute approximate surface area is 98.0 Å². The fourth-order valence-corrected chi connectivity index (χ4v) is 2.02. The van der Waals surface area contributed by atoms with Gasteiger partial charge in [-0.25, -0.2) is 0 Å². The van der Waals surface area contributed by atoms with Gasteiger partial charge in [-0.1, -0.05) is 19.1 Å². The monoisotopic (exact) mass is 216 g/mol. The Hall–Kier alpha value is -1.31. The van der Waals surface area contributed by atoms with Gasteiger partial charge in [-0.15, -0.1) is 0 Å². The minimum absolute atomic E-state index is 0.751. The van der Waals surface area contributed by atoms with Crippen molar-refractivity contribution in [2.24, 2.45) is 10.9 Å². The minimum atomic E-state index is 0.751. The Kier molecular flexibility index (Phi) is 3.28. The van der Waals surface area contributed by atoms with Crippen molar-refractivity contribution in [3.8, 4) is 0 Å². The fourth-order valence-electron chi connectivity index (χ4n) is 2.02. The Morgan fingerprint density at radius 2 is 2.12 bits per heavy atom. The molecule has 0 amide bonds. The van der Waals surface area contributed by atoms with E-state index >= 15 is 0 Å². The molecule has 0 fully saturated rings. The normalized spacial score (nSPS) is 20.4. The summed E-state index contributed by atoms with van der Waals surface area (Å²) in [6.07, 6.45) is 2.39. The molecule has 0 aromatic heterocycles.